The Labute approximate surface area is 98.7 Å². The van der Waals surface area contributed by atoms with Gasteiger partial charge in [0.15, 0.2) is 0 Å². The largest absolute Gasteiger partial charge is 0.495 e. The molecule has 1 aromatic rings. The first-order valence-electron chi connectivity index (χ1n) is 5.33. The van der Waals surface area contributed by atoms with Crippen LogP contribution in [0.5, 0.6) is 5.75 Å². The summed E-state index contributed by atoms with van der Waals surface area (Å²) in [5, 5.41) is 2.67. The molecule has 5 heteroatoms. The zero-order valence-electron chi connectivity index (χ0n) is 9.43. The van der Waals surface area contributed by atoms with Gasteiger partial charge in [-0.05, 0) is 12.1 Å². The predicted molar refractivity (Wildman–Crippen MR) is 60.7 cm³/mol. The van der Waals surface area contributed by atoms with Crippen LogP contribution in [0.4, 0.5) is 5.69 Å². The molecule has 17 heavy (non-hydrogen) atoms. The molecule has 1 atom stereocenters. The van der Waals surface area contributed by atoms with E-state index in [0.717, 1.165) is 0 Å². The Morgan fingerprint density at radius 2 is 2.24 bits per heavy atom. The monoisotopic (exact) mass is 235 g/mol. The quantitative estimate of drug-likeness (QED) is 0.631. The Bertz CT molecular complexity index is 444. The van der Waals surface area contributed by atoms with Crippen molar-refractivity contribution in [2.24, 2.45) is 5.92 Å². The minimum Gasteiger partial charge on any atom is -0.495 e. The van der Waals surface area contributed by atoms with Crippen molar-refractivity contribution in [3.63, 3.8) is 0 Å². The van der Waals surface area contributed by atoms with Crippen molar-refractivity contribution < 1.29 is 19.1 Å². The first kappa shape index (κ1) is 11.4. The van der Waals surface area contributed by atoms with E-state index in [1.165, 1.54) is 7.11 Å². The molecule has 0 saturated carbocycles. The average Bonchev–Trinajstić information content (AvgIpc) is 2.76. The van der Waals surface area contributed by atoms with Gasteiger partial charge < -0.3 is 14.8 Å². The number of ether oxygens (including phenoxy) is 2. The van der Waals surface area contributed by atoms with E-state index in [-0.39, 0.29) is 5.91 Å². The number of carbonyl (C=O) groups is 2. The van der Waals surface area contributed by atoms with Gasteiger partial charge in [-0.25, -0.2) is 0 Å². The van der Waals surface area contributed by atoms with Crippen LogP contribution >= 0.6 is 0 Å². The van der Waals surface area contributed by atoms with E-state index in [4.69, 9.17) is 9.47 Å². The van der Waals surface area contributed by atoms with Crippen LogP contribution in [0.3, 0.4) is 0 Å². The maximum atomic E-state index is 11.8. The molecule has 1 N–H and O–H groups in total. The van der Waals surface area contributed by atoms with Crippen molar-refractivity contribution in [3.8, 4) is 5.75 Å². The first-order chi connectivity index (χ1) is 8.22. The Hall–Kier alpha value is -2.04. The minimum atomic E-state index is -0.708. The van der Waals surface area contributed by atoms with Crippen LogP contribution in [0.1, 0.15) is 6.42 Å². The van der Waals surface area contributed by atoms with Gasteiger partial charge >= 0.3 is 5.97 Å². The number of carbonyl (C=O) groups excluding carboxylic acids is 2. The molecule has 1 heterocycles. The number of hydrogen-bond acceptors (Lipinski definition) is 4. The van der Waals surface area contributed by atoms with Gasteiger partial charge in [0.05, 0.1) is 19.4 Å². The number of anilines is 1. The van der Waals surface area contributed by atoms with Crippen LogP contribution in [0, 0.1) is 5.92 Å². The molecule has 90 valence electrons. The molecule has 0 bridgehead atoms. The maximum absolute atomic E-state index is 11.8. The van der Waals surface area contributed by atoms with Crippen molar-refractivity contribution in [1.29, 1.82) is 0 Å². The lowest BCUT2D eigenvalue weighted by Crippen LogP contribution is -2.26. The number of hydrogen-bond donors (Lipinski definition) is 1. The summed E-state index contributed by atoms with van der Waals surface area (Å²) in [6, 6.07) is 7.04. The fourth-order valence-electron chi connectivity index (χ4n) is 1.70. The molecule has 1 amide bonds. The summed E-state index contributed by atoms with van der Waals surface area (Å²) < 4.78 is 9.85. The molecule has 0 unspecified atom stereocenters. The number of amides is 1. The van der Waals surface area contributed by atoms with Crippen molar-refractivity contribution in [2.45, 2.75) is 6.42 Å². The topological polar surface area (TPSA) is 64.6 Å². The molecular weight excluding hydrogens is 222 g/mol. The average molecular weight is 235 g/mol. The Morgan fingerprint density at radius 3 is 2.88 bits per heavy atom. The summed E-state index contributed by atoms with van der Waals surface area (Å²) in [6.07, 6.45) is 0.430. The van der Waals surface area contributed by atoms with E-state index in [2.05, 4.69) is 5.32 Å². The molecule has 2 rings (SSSR count). The van der Waals surface area contributed by atoms with E-state index < -0.39 is 11.9 Å². The van der Waals surface area contributed by atoms with Crippen LogP contribution in [-0.2, 0) is 14.3 Å². The Morgan fingerprint density at radius 1 is 1.47 bits per heavy atom. The lowest BCUT2D eigenvalue weighted by atomic mass is 10.1. The van der Waals surface area contributed by atoms with Crippen molar-refractivity contribution in [1.82, 2.24) is 0 Å². The number of methoxy groups -OCH3 is 1. The minimum absolute atomic E-state index is 0.308. The molecule has 1 saturated heterocycles. The Kier molecular flexibility index (Phi) is 3.27. The number of para-hydroxylation sites is 2. The summed E-state index contributed by atoms with van der Waals surface area (Å²) in [6.45, 7) is 0.308. The summed E-state index contributed by atoms with van der Waals surface area (Å²) in [5.74, 6) is -0.957. The molecule has 0 spiro atoms. The van der Waals surface area contributed by atoms with Gasteiger partial charge in [-0.3, -0.25) is 9.59 Å². The van der Waals surface area contributed by atoms with Crippen LogP contribution in [0.15, 0.2) is 24.3 Å². The summed E-state index contributed by atoms with van der Waals surface area (Å²) in [7, 11) is 1.52. The molecule has 0 aliphatic carbocycles. The number of nitrogens with one attached hydrogen (secondary N) is 1. The van der Waals surface area contributed by atoms with Crippen LogP contribution in [0.2, 0.25) is 0 Å². The normalized spacial score (nSPS) is 18.6. The zero-order chi connectivity index (χ0) is 12.3. The number of benzene rings is 1. The smallest absolute Gasteiger partial charge is 0.318 e. The Balaban J connectivity index is 2.10. The van der Waals surface area contributed by atoms with Gasteiger partial charge in [-0.1, -0.05) is 12.1 Å². The summed E-state index contributed by atoms with van der Waals surface area (Å²) in [5.41, 5.74) is 0.555. The van der Waals surface area contributed by atoms with Crippen LogP contribution < -0.4 is 10.1 Å². The maximum Gasteiger partial charge on any atom is 0.318 e. The molecule has 1 aliphatic rings. The molecular formula is C12H13NO4. The number of rotatable bonds is 3. The highest BCUT2D eigenvalue weighted by atomic mass is 16.5. The lowest BCUT2D eigenvalue weighted by Gasteiger charge is -2.11. The lowest BCUT2D eigenvalue weighted by molar-refractivity contribution is -0.143. The third-order valence-corrected chi connectivity index (χ3v) is 2.62. The van der Waals surface area contributed by atoms with E-state index in [0.29, 0.717) is 24.5 Å². The highest BCUT2D eigenvalue weighted by Crippen LogP contribution is 2.25. The summed E-state index contributed by atoms with van der Waals surface area (Å²) >= 11 is 0. The second-order valence-corrected chi connectivity index (χ2v) is 3.70. The van der Waals surface area contributed by atoms with Gasteiger partial charge in [0.1, 0.15) is 11.7 Å². The van der Waals surface area contributed by atoms with Gasteiger partial charge in [0, 0.05) is 6.42 Å². The third kappa shape index (κ3) is 2.38. The highest BCUT2D eigenvalue weighted by molar-refractivity contribution is 6.06. The predicted octanol–water partition coefficient (Wildman–Crippen LogP) is 1.20. The van der Waals surface area contributed by atoms with Crippen molar-refractivity contribution in [3.05, 3.63) is 24.3 Å². The van der Waals surface area contributed by atoms with Gasteiger partial charge in [0.2, 0.25) is 5.91 Å². The van der Waals surface area contributed by atoms with E-state index >= 15 is 0 Å². The second-order valence-electron chi connectivity index (χ2n) is 3.70. The van der Waals surface area contributed by atoms with E-state index in [9.17, 15) is 9.59 Å². The SMILES string of the molecule is COc1ccccc1NC(=O)[C@@H]1CCOC1=O. The number of cyclic esters (lactones) is 1. The molecule has 0 radical (unpaired) electrons. The standard InChI is InChI=1S/C12H13NO4/c1-16-10-5-3-2-4-9(10)13-11(14)8-6-7-17-12(8)15/h2-5,8H,6-7H2,1H3,(H,13,14)/t8-/m0/s1. The fourth-order valence-corrected chi connectivity index (χ4v) is 1.70. The highest BCUT2D eigenvalue weighted by Gasteiger charge is 2.33. The molecule has 5 nitrogen and oxygen atoms in total. The zero-order valence-corrected chi connectivity index (χ0v) is 9.43. The first-order valence-corrected chi connectivity index (χ1v) is 5.33. The van der Waals surface area contributed by atoms with Crippen LogP contribution in [0.25, 0.3) is 0 Å². The second kappa shape index (κ2) is 4.86. The fraction of sp³-hybridized carbons (Fsp3) is 0.333. The van der Waals surface area contributed by atoms with E-state index in [1.807, 2.05) is 0 Å². The van der Waals surface area contributed by atoms with Crippen LogP contribution in [-0.4, -0.2) is 25.6 Å². The molecule has 0 aromatic heterocycles. The third-order valence-electron chi connectivity index (χ3n) is 2.62. The van der Waals surface area contributed by atoms with Gasteiger partial charge in [-0.15, -0.1) is 0 Å². The van der Waals surface area contributed by atoms with Gasteiger partial charge in [-0.2, -0.15) is 0 Å². The number of esters is 1. The van der Waals surface area contributed by atoms with E-state index in [1.54, 1.807) is 24.3 Å². The van der Waals surface area contributed by atoms with Crippen molar-refractivity contribution >= 4 is 17.6 Å². The molecule has 1 aromatic carbocycles. The molecule has 1 fully saturated rings. The van der Waals surface area contributed by atoms with Crippen molar-refractivity contribution in [2.75, 3.05) is 19.0 Å². The summed E-state index contributed by atoms with van der Waals surface area (Å²) in [4.78, 5) is 23.1. The molecule has 1 aliphatic heterocycles. The van der Waals surface area contributed by atoms with Gasteiger partial charge in [0.25, 0.3) is 0 Å².